The van der Waals surface area contributed by atoms with E-state index < -0.39 is 4.92 Å². The van der Waals surface area contributed by atoms with Crippen LogP contribution in [-0.4, -0.2) is 19.7 Å². The molecule has 0 saturated heterocycles. The van der Waals surface area contributed by atoms with E-state index in [2.05, 4.69) is 10.1 Å². The summed E-state index contributed by atoms with van der Waals surface area (Å²) >= 11 is 5.69. The molecule has 2 heterocycles. The average molecular weight is 269 g/mol. The van der Waals surface area contributed by atoms with E-state index in [0.29, 0.717) is 5.88 Å². The van der Waals surface area contributed by atoms with Crippen LogP contribution in [0.3, 0.4) is 0 Å². The van der Waals surface area contributed by atoms with Gasteiger partial charge in [0.15, 0.2) is 0 Å². The van der Waals surface area contributed by atoms with Crippen LogP contribution < -0.4 is 4.74 Å². The van der Waals surface area contributed by atoms with E-state index in [1.165, 1.54) is 10.7 Å². The standard InChI is InChI=1S/C10H9ClN4O3/c1-6-3-10(14(2)13-6)18-9-5-7(15(16)17)4-8(11)12-9/h3-5H,1-2H3. The Balaban J connectivity index is 2.34. The Morgan fingerprint density at radius 2 is 2.17 bits per heavy atom. The second kappa shape index (κ2) is 4.61. The molecule has 7 nitrogen and oxygen atoms in total. The molecule has 0 aliphatic rings. The van der Waals surface area contributed by atoms with Gasteiger partial charge in [0.1, 0.15) is 5.15 Å². The van der Waals surface area contributed by atoms with Crippen LogP contribution in [0.25, 0.3) is 0 Å². The SMILES string of the molecule is Cc1cc(Oc2cc([N+](=O)[O-])cc(Cl)n2)n(C)n1. The van der Waals surface area contributed by atoms with E-state index in [1.54, 1.807) is 20.0 Å². The van der Waals surface area contributed by atoms with E-state index in [0.717, 1.165) is 11.8 Å². The van der Waals surface area contributed by atoms with Crippen LogP contribution in [0.15, 0.2) is 18.2 Å². The van der Waals surface area contributed by atoms with Gasteiger partial charge in [-0.3, -0.25) is 10.1 Å². The lowest BCUT2D eigenvalue weighted by molar-refractivity contribution is -0.385. The van der Waals surface area contributed by atoms with Crippen molar-refractivity contribution in [1.29, 1.82) is 0 Å². The Morgan fingerprint density at radius 3 is 2.72 bits per heavy atom. The summed E-state index contributed by atoms with van der Waals surface area (Å²) in [6, 6.07) is 4.05. The number of hydrogen-bond acceptors (Lipinski definition) is 5. The minimum atomic E-state index is -0.561. The summed E-state index contributed by atoms with van der Waals surface area (Å²) in [7, 11) is 1.70. The topological polar surface area (TPSA) is 83.1 Å². The Hall–Kier alpha value is -2.15. The third-order valence-corrected chi connectivity index (χ3v) is 2.33. The zero-order valence-electron chi connectivity index (χ0n) is 9.62. The molecule has 0 bridgehead atoms. The van der Waals surface area contributed by atoms with Gasteiger partial charge in [-0.2, -0.15) is 5.10 Å². The number of hydrogen-bond donors (Lipinski definition) is 0. The second-order valence-electron chi connectivity index (χ2n) is 3.59. The fourth-order valence-corrected chi connectivity index (χ4v) is 1.60. The van der Waals surface area contributed by atoms with E-state index in [9.17, 15) is 10.1 Å². The van der Waals surface area contributed by atoms with Crippen LogP contribution in [0.4, 0.5) is 5.69 Å². The number of nitrogens with zero attached hydrogens (tertiary/aromatic N) is 4. The van der Waals surface area contributed by atoms with Crippen molar-refractivity contribution in [2.75, 3.05) is 0 Å². The van der Waals surface area contributed by atoms with Crippen LogP contribution in [0, 0.1) is 17.0 Å². The number of halogens is 1. The molecule has 0 radical (unpaired) electrons. The highest BCUT2D eigenvalue weighted by Crippen LogP contribution is 2.26. The first-order valence-electron chi connectivity index (χ1n) is 4.96. The third-order valence-electron chi connectivity index (χ3n) is 2.13. The molecular weight excluding hydrogens is 260 g/mol. The monoisotopic (exact) mass is 268 g/mol. The Morgan fingerprint density at radius 1 is 1.44 bits per heavy atom. The Bertz CT molecular complexity index is 611. The minimum Gasteiger partial charge on any atom is -0.421 e. The first-order chi connectivity index (χ1) is 8.45. The van der Waals surface area contributed by atoms with Gasteiger partial charge in [0, 0.05) is 13.1 Å². The smallest absolute Gasteiger partial charge is 0.277 e. The highest BCUT2D eigenvalue weighted by Gasteiger charge is 2.13. The van der Waals surface area contributed by atoms with Crippen LogP contribution in [0.1, 0.15) is 5.69 Å². The molecule has 0 amide bonds. The van der Waals surface area contributed by atoms with Crippen molar-refractivity contribution < 1.29 is 9.66 Å². The third kappa shape index (κ3) is 2.57. The normalized spacial score (nSPS) is 10.4. The summed E-state index contributed by atoms with van der Waals surface area (Å²) in [6.45, 7) is 1.81. The molecule has 94 valence electrons. The van der Waals surface area contributed by atoms with Crippen molar-refractivity contribution >= 4 is 17.3 Å². The molecule has 0 saturated carbocycles. The maximum Gasteiger partial charge on any atom is 0.277 e. The Kier molecular flexibility index (Phi) is 3.15. The fourth-order valence-electron chi connectivity index (χ4n) is 1.41. The lowest BCUT2D eigenvalue weighted by atomic mass is 10.4. The minimum absolute atomic E-state index is 0.00177. The predicted molar refractivity (Wildman–Crippen MR) is 63.9 cm³/mol. The van der Waals surface area contributed by atoms with Gasteiger partial charge < -0.3 is 4.74 Å². The average Bonchev–Trinajstić information content (AvgIpc) is 2.56. The molecule has 0 N–H and O–H groups in total. The first kappa shape index (κ1) is 12.3. The zero-order valence-corrected chi connectivity index (χ0v) is 10.4. The molecule has 0 aliphatic carbocycles. The lowest BCUT2D eigenvalue weighted by Crippen LogP contribution is -1.97. The summed E-state index contributed by atoms with van der Waals surface area (Å²) in [4.78, 5) is 14.0. The van der Waals surface area contributed by atoms with Gasteiger partial charge in [0.25, 0.3) is 5.69 Å². The molecule has 0 aliphatic heterocycles. The largest absolute Gasteiger partial charge is 0.421 e. The molecule has 18 heavy (non-hydrogen) atoms. The molecule has 2 aromatic rings. The van der Waals surface area contributed by atoms with Crippen LogP contribution in [-0.2, 0) is 7.05 Å². The van der Waals surface area contributed by atoms with Crippen molar-refractivity contribution in [3.8, 4) is 11.8 Å². The maximum absolute atomic E-state index is 10.7. The van der Waals surface area contributed by atoms with Crippen molar-refractivity contribution in [3.05, 3.63) is 39.2 Å². The number of ether oxygens (including phenoxy) is 1. The van der Waals surface area contributed by atoms with Crippen molar-refractivity contribution in [2.24, 2.45) is 7.05 Å². The summed E-state index contributed by atoms with van der Waals surface area (Å²) in [5.41, 5.74) is 0.591. The number of pyridine rings is 1. The summed E-state index contributed by atoms with van der Waals surface area (Å²) in [6.07, 6.45) is 0. The van der Waals surface area contributed by atoms with E-state index in [-0.39, 0.29) is 16.7 Å². The summed E-state index contributed by atoms with van der Waals surface area (Å²) in [5, 5.41) is 14.8. The summed E-state index contributed by atoms with van der Waals surface area (Å²) in [5.74, 6) is 0.480. The molecule has 8 heteroatoms. The molecular formula is C10H9ClN4O3. The number of nitro groups is 1. The van der Waals surface area contributed by atoms with Gasteiger partial charge in [0.2, 0.25) is 11.8 Å². The zero-order chi connectivity index (χ0) is 13.3. The lowest BCUT2D eigenvalue weighted by Gasteiger charge is -2.04. The van der Waals surface area contributed by atoms with E-state index >= 15 is 0 Å². The van der Waals surface area contributed by atoms with Crippen molar-refractivity contribution in [3.63, 3.8) is 0 Å². The van der Waals surface area contributed by atoms with E-state index in [4.69, 9.17) is 16.3 Å². The number of aromatic nitrogens is 3. The maximum atomic E-state index is 10.7. The van der Waals surface area contributed by atoms with Gasteiger partial charge in [-0.15, -0.1) is 0 Å². The number of aryl methyl sites for hydroxylation is 2. The highest BCUT2D eigenvalue weighted by molar-refractivity contribution is 6.29. The fraction of sp³-hybridized carbons (Fsp3) is 0.200. The van der Waals surface area contributed by atoms with Crippen molar-refractivity contribution in [1.82, 2.24) is 14.8 Å². The van der Waals surface area contributed by atoms with Crippen LogP contribution >= 0.6 is 11.6 Å². The van der Waals surface area contributed by atoms with Gasteiger partial charge in [-0.25, -0.2) is 9.67 Å². The quantitative estimate of drug-likeness (QED) is 0.485. The number of rotatable bonds is 3. The second-order valence-corrected chi connectivity index (χ2v) is 3.98. The first-order valence-corrected chi connectivity index (χ1v) is 5.34. The Labute approximate surface area is 107 Å². The molecule has 0 fully saturated rings. The van der Waals surface area contributed by atoms with Gasteiger partial charge in [0.05, 0.1) is 22.7 Å². The molecule has 0 aromatic carbocycles. The van der Waals surface area contributed by atoms with E-state index in [1.807, 2.05) is 0 Å². The van der Waals surface area contributed by atoms with Gasteiger partial charge >= 0.3 is 0 Å². The van der Waals surface area contributed by atoms with Gasteiger partial charge in [-0.05, 0) is 6.92 Å². The predicted octanol–water partition coefficient (Wildman–Crippen LogP) is 2.48. The molecule has 0 atom stereocenters. The molecule has 0 spiro atoms. The summed E-state index contributed by atoms with van der Waals surface area (Å²) < 4.78 is 6.91. The molecule has 2 rings (SSSR count). The van der Waals surface area contributed by atoms with Crippen molar-refractivity contribution in [2.45, 2.75) is 6.92 Å². The molecule has 0 unspecified atom stereocenters. The molecule has 2 aromatic heterocycles. The van der Waals surface area contributed by atoms with Gasteiger partial charge in [-0.1, -0.05) is 11.6 Å². The van der Waals surface area contributed by atoms with Crippen LogP contribution in [0.5, 0.6) is 11.8 Å². The van der Waals surface area contributed by atoms with Crippen LogP contribution in [0.2, 0.25) is 5.15 Å². The highest BCUT2D eigenvalue weighted by atomic mass is 35.5.